The molecule has 2 nitrogen and oxygen atoms in total. The second-order valence-electron chi connectivity index (χ2n) is 4.58. The van der Waals surface area contributed by atoms with Gasteiger partial charge < -0.3 is 5.32 Å². The molecule has 1 N–H and O–H groups in total. The third kappa shape index (κ3) is 2.31. The number of nitrogens with one attached hydrogen (secondary N) is 1. The summed E-state index contributed by atoms with van der Waals surface area (Å²) in [6.07, 6.45) is 2.09. The van der Waals surface area contributed by atoms with E-state index in [2.05, 4.69) is 11.4 Å². The van der Waals surface area contributed by atoms with Crippen LogP contribution in [0.25, 0.3) is 6.08 Å². The molecule has 0 saturated carbocycles. The van der Waals surface area contributed by atoms with E-state index in [0.717, 1.165) is 22.3 Å². The minimum Gasteiger partial charge on any atom is -0.345 e. The maximum Gasteiger partial charge on any atom is 0.252 e. The molecule has 2 rings (SSSR count). The van der Waals surface area contributed by atoms with Crippen LogP contribution < -0.4 is 5.32 Å². The molecule has 0 bridgehead atoms. The molecule has 1 saturated heterocycles. The van der Waals surface area contributed by atoms with Crippen LogP contribution in [-0.4, -0.2) is 11.9 Å². The molecule has 0 spiro atoms. The highest BCUT2D eigenvalue weighted by atomic mass is 16.2. The van der Waals surface area contributed by atoms with Gasteiger partial charge in [0.25, 0.3) is 5.91 Å². The molecule has 1 atom stereocenters. The number of hydrogen-bond donors (Lipinski definition) is 1. The number of carbonyl (C=O) groups is 1. The Hall–Kier alpha value is -1.83. The summed E-state index contributed by atoms with van der Waals surface area (Å²) in [6.45, 7) is 5.97. The van der Waals surface area contributed by atoms with E-state index >= 15 is 0 Å². The summed E-state index contributed by atoms with van der Waals surface area (Å²) in [5, 5.41) is 2.95. The molecule has 1 aliphatic rings. The summed E-state index contributed by atoms with van der Waals surface area (Å²) in [5.41, 5.74) is 4.11. The van der Waals surface area contributed by atoms with E-state index < -0.39 is 0 Å². The molecule has 2 heteroatoms. The summed E-state index contributed by atoms with van der Waals surface area (Å²) in [4.78, 5) is 11.8. The zero-order valence-electron chi connectivity index (χ0n) is 10.4. The number of allylic oxidation sites excluding steroid dienone is 1. The molecule has 1 aromatic carbocycles. The van der Waals surface area contributed by atoms with E-state index in [9.17, 15) is 4.79 Å². The van der Waals surface area contributed by atoms with Gasteiger partial charge in [-0.15, -0.1) is 0 Å². The van der Waals surface area contributed by atoms with Crippen molar-refractivity contribution in [3.05, 3.63) is 52.6 Å². The van der Waals surface area contributed by atoms with E-state index in [0.29, 0.717) is 0 Å². The van der Waals surface area contributed by atoms with Crippen molar-refractivity contribution < 1.29 is 4.79 Å². The second-order valence-corrected chi connectivity index (χ2v) is 4.58. The van der Waals surface area contributed by atoms with Crippen molar-refractivity contribution in [1.29, 1.82) is 0 Å². The molecule has 1 aromatic rings. The third-order valence-corrected chi connectivity index (χ3v) is 2.95. The molecule has 1 fully saturated rings. The van der Waals surface area contributed by atoms with E-state index in [4.69, 9.17) is 0 Å². The van der Waals surface area contributed by atoms with Gasteiger partial charge in [-0.2, -0.15) is 0 Å². The zero-order valence-corrected chi connectivity index (χ0v) is 10.4. The number of hydrogen-bond acceptors (Lipinski definition) is 1. The van der Waals surface area contributed by atoms with E-state index in [-0.39, 0.29) is 11.9 Å². The minimum absolute atomic E-state index is 0.0414. The second kappa shape index (κ2) is 4.58. The molecule has 0 unspecified atom stereocenters. The van der Waals surface area contributed by atoms with E-state index in [1.807, 2.05) is 51.1 Å². The van der Waals surface area contributed by atoms with Gasteiger partial charge in [-0.05, 0) is 38.0 Å². The predicted octanol–water partition coefficient (Wildman–Crippen LogP) is 2.92. The third-order valence-electron chi connectivity index (χ3n) is 2.95. The van der Waals surface area contributed by atoms with E-state index in [1.165, 1.54) is 0 Å². The number of rotatable bonds is 1. The molecule has 0 radical (unpaired) electrons. The van der Waals surface area contributed by atoms with Gasteiger partial charge in [0, 0.05) is 5.57 Å². The Morgan fingerprint density at radius 3 is 2.47 bits per heavy atom. The van der Waals surface area contributed by atoms with Gasteiger partial charge in [-0.25, -0.2) is 0 Å². The smallest absolute Gasteiger partial charge is 0.252 e. The van der Waals surface area contributed by atoms with Crippen LogP contribution in [0.1, 0.15) is 26.3 Å². The maximum absolute atomic E-state index is 11.8. The molecule has 1 aliphatic heterocycles. The maximum atomic E-state index is 11.8. The Kier molecular flexibility index (Phi) is 3.14. The molecule has 0 aliphatic carbocycles. The largest absolute Gasteiger partial charge is 0.345 e. The lowest BCUT2D eigenvalue weighted by atomic mass is 9.98. The predicted molar refractivity (Wildman–Crippen MR) is 70.4 cm³/mol. The molecule has 1 heterocycles. The average molecular weight is 227 g/mol. The highest BCUT2D eigenvalue weighted by molar-refractivity contribution is 6.04. The van der Waals surface area contributed by atoms with Crippen molar-refractivity contribution in [3.63, 3.8) is 0 Å². The van der Waals surface area contributed by atoms with Crippen LogP contribution >= 0.6 is 0 Å². The highest BCUT2D eigenvalue weighted by Gasteiger charge is 2.29. The fraction of sp³-hybridized carbons (Fsp3) is 0.267. The molecule has 88 valence electrons. The van der Waals surface area contributed by atoms with Gasteiger partial charge in [-0.3, -0.25) is 4.79 Å². The van der Waals surface area contributed by atoms with Gasteiger partial charge in [-0.1, -0.05) is 35.9 Å². The van der Waals surface area contributed by atoms with Gasteiger partial charge in [0.05, 0.1) is 6.04 Å². The first-order valence-corrected chi connectivity index (χ1v) is 5.85. The fourth-order valence-corrected chi connectivity index (χ4v) is 2.14. The summed E-state index contributed by atoms with van der Waals surface area (Å²) < 4.78 is 0. The lowest BCUT2D eigenvalue weighted by molar-refractivity contribution is -0.116. The number of carbonyl (C=O) groups excluding carboxylic acids is 1. The summed E-state index contributed by atoms with van der Waals surface area (Å²) >= 11 is 0. The lowest BCUT2D eigenvalue weighted by Gasteiger charge is -2.06. The van der Waals surface area contributed by atoms with Crippen LogP contribution in [0.5, 0.6) is 0 Å². The molecular formula is C15H17NO. The summed E-state index contributed by atoms with van der Waals surface area (Å²) in [6, 6.07) is 10.2. The minimum atomic E-state index is 0.0414. The van der Waals surface area contributed by atoms with Gasteiger partial charge in [0.1, 0.15) is 0 Å². The lowest BCUT2D eigenvalue weighted by Crippen LogP contribution is -2.22. The Morgan fingerprint density at radius 2 is 1.88 bits per heavy atom. The average Bonchev–Trinajstić information content (AvgIpc) is 2.55. The van der Waals surface area contributed by atoms with E-state index in [1.54, 1.807) is 0 Å². The van der Waals surface area contributed by atoms with Crippen molar-refractivity contribution >= 4 is 12.0 Å². The van der Waals surface area contributed by atoms with Crippen LogP contribution in [0.15, 0.2) is 47.1 Å². The monoisotopic (exact) mass is 227 g/mol. The standard InChI is InChI=1S/C15H17NO/c1-10(2)14-13(11(3)16-15(14)17)9-12-7-5-4-6-8-12/h4-9,11H,1-3H3,(H,16,17)/b13-9-/t11-/m1/s1. The van der Waals surface area contributed by atoms with Crippen LogP contribution in [-0.2, 0) is 4.79 Å². The van der Waals surface area contributed by atoms with Crippen LogP contribution in [0, 0.1) is 0 Å². The highest BCUT2D eigenvalue weighted by Crippen LogP contribution is 2.26. The quantitative estimate of drug-likeness (QED) is 0.734. The summed E-state index contributed by atoms with van der Waals surface area (Å²) in [5.74, 6) is 0.0414. The van der Waals surface area contributed by atoms with Gasteiger partial charge in [0.2, 0.25) is 0 Å². The molecule has 0 aromatic heterocycles. The van der Waals surface area contributed by atoms with Crippen molar-refractivity contribution in [1.82, 2.24) is 5.32 Å². The molecular weight excluding hydrogens is 210 g/mol. The van der Waals surface area contributed by atoms with Gasteiger partial charge >= 0.3 is 0 Å². The molecule has 1 amide bonds. The first kappa shape index (κ1) is 11.6. The Labute approximate surface area is 102 Å². The van der Waals surface area contributed by atoms with Gasteiger partial charge in [0.15, 0.2) is 0 Å². The van der Waals surface area contributed by atoms with Crippen molar-refractivity contribution in [2.45, 2.75) is 26.8 Å². The SMILES string of the molecule is CC(C)=C1C(=O)N[C@H](C)/C1=C/c1ccccc1. The van der Waals surface area contributed by atoms with Crippen molar-refractivity contribution in [3.8, 4) is 0 Å². The van der Waals surface area contributed by atoms with Crippen molar-refractivity contribution in [2.75, 3.05) is 0 Å². The van der Waals surface area contributed by atoms with Crippen LogP contribution in [0.3, 0.4) is 0 Å². The topological polar surface area (TPSA) is 29.1 Å². The normalized spacial score (nSPS) is 21.8. The Balaban J connectivity index is 2.47. The molecule has 17 heavy (non-hydrogen) atoms. The fourth-order valence-electron chi connectivity index (χ4n) is 2.14. The zero-order chi connectivity index (χ0) is 12.4. The number of benzene rings is 1. The first-order chi connectivity index (χ1) is 8.09. The Bertz CT molecular complexity index is 493. The Morgan fingerprint density at radius 1 is 1.24 bits per heavy atom. The first-order valence-electron chi connectivity index (χ1n) is 5.85. The van der Waals surface area contributed by atoms with Crippen LogP contribution in [0.4, 0.5) is 0 Å². The van der Waals surface area contributed by atoms with Crippen LogP contribution in [0.2, 0.25) is 0 Å². The van der Waals surface area contributed by atoms with Crippen molar-refractivity contribution in [2.24, 2.45) is 0 Å². The number of amides is 1. The summed E-state index contributed by atoms with van der Waals surface area (Å²) in [7, 11) is 0.